The first-order valence-corrected chi connectivity index (χ1v) is 5.99. The average molecular weight is 238 g/mol. The second-order valence-electron chi connectivity index (χ2n) is 3.28. The lowest BCUT2D eigenvalue weighted by atomic mass is 10.4. The summed E-state index contributed by atoms with van der Waals surface area (Å²) in [6.07, 6.45) is 1.68. The molecule has 0 aromatic carbocycles. The van der Waals surface area contributed by atoms with Gasteiger partial charge in [-0.15, -0.1) is 11.3 Å². The minimum atomic E-state index is 0.654. The highest BCUT2D eigenvalue weighted by Gasteiger charge is 2.09. The van der Waals surface area contributed by atoms with Crippen molar-refractivity contribution >= 4 is 11.3 Å². The number of hydrogen-bond donors (Lipinski definition) is 1. The number of nitrogens with zero attached hydrogens (tertiary/aromatic N) is 1. The van der Waals surface area contributed by atoms with Crippen LogP contribution in [0.2, 0.25) is 0 Å². The van der Waals surface area contributed by atoms with Crippen LogP contribution in [0.3, 0.4) is 0 Å². The molecule has 0 aliphatic heterocycles. The highest BCUT2D eigenvalue weighted by molar-refractivity contribution is 7.13. The summed E-state index contributed by atoms with van der Waals surface area (Å²) in [4.78, 5) is 5.38. The Labute approximate surface area is 98.3 Å². The maximum atomic E-state index is 5.41. The number of aromatic nitrogens is 1. The first-order chi connectivity index (χ1) is 7.83. The molecule has 0 amide bonds. The van der Waals surface area contributed by atoms with Crippen molar-refractivity contribution in [2.45, 2.75) is 13.5 Å². The fraction of sp³-hybridized carbons (Fsp3) is 0.364. The number of hydrogen-bond acceptors (Lipinski definition) is 5. The van der Waals surface area contributed by atoms with Gasteiger partial charge in [0.05, 0.1) is 17.7 Å². The molecule has 0 aliphatic carbocycles. The van der Waals surface area contributed by atoms with Crippen molar-refractivity contribution in [1.82, 2.24) is 10.3 Å². The van der Waals surface area contributed by atoms with E-state index in [9.17, 15) is 0 Å². The predicted octanol–water partition coefficient (Wildman–Crippen LogP) is 2.52. The molecule has 0 unspecified atom stereocenters. The van der Waals surface area contributed by atoms with Crippen LogP contribution in [0, 0.1) is 0 Å². The van der Waals surface area contributed by atoms with Crippen LogP contribution in [0.15, 0.2) is 22.1 Å². The summed E-state index contributed by atoms with van der Waals surface area (Å²) in [5, 5.41) is 5.14. The van der Waals surface area contributed by atoms with Gasteiger partial charge in [0.2, 0.25) is 5.89 Å². The summed E-state index contributed by atoms with van der Waals surface area (Å²) in [5.41, 5.74) is 0.921. The van der Waals surface area contributed by atoms with Gasteiger partial charge in [0, 0.05) is 18.0 Å². The lowest BCUT2D eigenvalue weighted by molar-refractivity contribution is 0.416. The van der Waals surface area contributed by atoms with Gasteiger partial charge < -0.3 is 14.5 Å². The van der Waals surface area contributed by atoms with E-state index in [1.165, 1.54) is 0 Å². The van der Waals surface area contributed by atoms with Gasteiger partial charge in [0.15, 0.2) is 0 Å². The number of ether oxygens (including phenoxy) is 1. The summed E-state index contributed by atoms with van der Waals surface area (Å²) < 4.78 is 10.5. The third-order valence-electron chi connectivity index (χ3n) is 2.13. The molecule has 0 bridgehead atoms. The lowest BCUT2D eigenvalue weighted by Crippen LogP contribution is -2.11. The summed E-state index contributed by atoms with van der Waals surface area (Å²) in [6.45, 7) is 3.72. The fourth-order valence-corrected chi connectivity index (χ4v) is 2.08. The summed E-state index contributed by atoms with van der Waals surface area (Å²) in [5.74, 6) is 1.49. The predicted molar refractivity (Wildman–Crippen MR) is 63.7 cm³/mol. The van der Waals surface area contributed by atoms with Crippen LogP contribution in [0.5, 0.6) is 5.75 Å². The van der Waals surface area contributed by atoms with Crippen molar-refractivity contribution in [1.29, 1.82) is 0 Å². The second-order valence-corrected chi connectivity index (χ2v) is 4.19. The standard InChI is InChI=1S/C11H14N2O2S/c1-3-12-5-8-6-15-11(13-8)10-4-9(14-2)7-16-10/h4,6-7,12H,3,5H2,1-2H3. The number of thiophene rings is 1. The second kappa shape index (κ2) is 5.14. The largest absolute Gasteiger partial charge is 0.496 e. The average Bonchev–Trinajstić information content (AvgIpc) is 2.94. The topological polar surface area (TPSA) is 47.3 Å². The third kappa shape index (κ3) is 2.43. The van der Waals surface area contributed by atoms with Gasteiger partial charge in [-0.3, -0.25) is 0 Å². The molecule has 0 aliphatic rings. The molecule has 0 fully saturated rings. The molecule has 2 aromatic rings. The van der Waals surface area contributed by atoms with Crippen LogP contribution in [-0.4, -0.2) is 18.6 Å². The molecule has 2 rings (SSSR count). The molecule has 16 heavy (non-hydrogen) atoms. The van der Waals surface area contributed by atoms with Crippen LogP contribution in [0.25, 0.3) is 10.8 Å². The van der Waals surface area contributed by atoms with Crippen molar-refractivity contribution in [3.8, 4) is 16.5 Å². The molecular weight excluding hydrogens is 224 g/mol. The molecule has 1 N–H and O–H groups in total. The molecule has 2 heterocycles. The maximum absolute atomic E-state index is 5.41. The summed E-state index contributed by atoms with van der Waals surface area (Å²) in [6, 6.07) is 1.92. The van der Waals surface area contributed by atoms with Crippen LogP contribution in [0.1, 0.15) is 12.6 Å². The van der Waals surface area contributed by atoms with Crippen molar-refractivity contribution in [3.63, 3.8) is 0 Å². The molecule has 2 aromatic heterocycles. The van der Waals surface area contributed by atoms with Crippen LogP contribution in [0.4, 0.5) is 0 Å². The van der Waals surface area contributed by atoms with Crippen LogP contribution < -0.4 is 10.1 Å². The Kier molecular flexibility index (Phi) is 3.58. The molecule has 0 radical (unpaired) electrons. The van der Waals surface area contributed by atoms with E-state index in [4.69, 9.17) is 9.15 Å². The summed E-state index contributed by atoms with van der Waals surface area (Å²) >= 11 is 1.56. The van der Waals surface area contributed by atoms with Crippen molar-refractivity contribution in [2.24, 2.45) is 0 Å². The quantitative estimate of drug-likeness (QED) is 0.869. The third-order valence-corrected chi connectivity index (χ3v) is 3.03. The van der Waals surface area contributed by atoms with Gasteiger partial charge in [-0.2, -0.15) is 0 Å². The molecule has 0 spiro atoms. The van der Waals surface area contributed by atoms with Crippen LogP contribution in [-0.2, 0) is 6.54 Å². The highest BCUT2D eigenvalue weighted by Crippen LogP contribution is 2.30. The number of oxazole rings is 1. The van der Waals surface area contributed by atoms with E-state index >= 15 is 0 Å². The zero-order chi connectivity index (χ0) is 11.4. The SMILES string of the molecule is CCNCc1coc(-c2cc(OC)cs2)n1. The van der Waals surface area contributed by atoms with Crippen LogP contribution >= 0.6 is 11.3 Å². The first kappa shape index (κ1) is 11.2. The van der Waals surface area contributed by atoms with E-state index < -0.39 is 0 Å². The molecule has 0 saturated heterocycles. The van der Waals surface area contributed by atoms with E-state index in [1.807, 2.05) is 11.4 Å². The zero-order valence-corrected chi connectivity index (χ0v) is 10.1. The number of nitrogens with one attached hydrogen (secondary N) is 1. The van der Waals surface area contributed by atoms with Crippen molar-refractivity contribution in [3.05, 3.63) is 23.4 Å². The van der Waals surface area contributed by atoms with Gasteiger partial charge in [-0.05, 0) is 6.54 Å². The smallest absolute Gasteiger partial charge is 0.236 e. The maximum Gasteiger partial charge on any atom is 0.236 e. The molecule has 86 valence electrons. The monoisotopic (exact) mass is 238 g/mol. The minimum absolute atomic E-state index is 0.654. The van der Waals surface area contributed by atoms with Gasteiger partial charge in [0.1, 0.15) is 12.0 Å². The Morgan fingerprint density at radius 2 is 2.44 bits per heavy atom. The fourth-order valence-electron chi connectivity index (χ4n) is 1.29. The van der Waals surface area contributed by atoms with Gasteiger partial charge in [-0.1, -0.05) is 6.92 Å². The molecule has 5 heteroatoms. The first-order valence-electron chi connectivity index (χ1n) is 5.11. The number of rotatable bonds is 5. The summed E-state index contributed by atoms with van der Waals surface area (Å²) in [7, 11) is 1.65. The Hall–Kier alpha value is -1.33. The minimum Gasteiger partial charge on any atom is -0.496 e. The molecule has 0 saturated carbocycles. The Bertz CT molecular complexity index is 450. The Morgan fingerprint density at radius 3 is 3.12 bits per heavy atom. The van der Waals surface area contributed by atoms with E-state index in [-0.39, 0.29) is 0 Å². The molecule has 0 atom stereocenters. The Balaban J connectivity index is 2.11. The Morgan fingerprint density at radius 1 is 1.56 bits per heavy atom. The van der Waals surface area contributed by atoms with E-state index in [1.54, 1.807) is 24.7 Å². The lowest BCUT2D eigenvalue weighted by Gasteiger charge is -1.93. The zero-order valence-electron chi connectivity index (χ0n) is 9.32. The van der Waals surface area contributed by atoms with Crippen molar-refractivity contribution in [2.75, 3.05) is 13.7 Å². The molecular formula is C11H14N2O2S. The molecule has 4 nitrogen and oxygen atoms in total. The number of methoxy groups -OCH3 is 1. The van der Waals surface area contributed by atoms with Gasteiger partial charge in [0.25, 0.3) is 0 Å². The highest BCUT2D eigenvalue weighted by atomic mass is 32.1. The van der Waals surface area contributed by atoms with Gasteiger partial charge in [-0.25, -0.2) is 4.98 Å². The normalized spacial score (nSPS) is 10.6. The van der Waals surface area contributed by atoms with E-state index in [0.717, 1.165) is 29.4 Å². The van der Waals surface area contributed by atoms with E-state index in [0.29, 0.717) is 5.89 Å². The van der Waals surface area contributed by atoms with E-state index in [2.05, 4.69) is 17.2 Å². The van der Waals surface area contributed by atoms with Crippen molar-refractivity contribution < 1.29 is 9.15 Å². The van der Waals surface area contributed by atoms with Gasteiger partial charge >= 0.3 is 0 Å².